The largest absolute Gasteiger partial charge is 0.327 e. The third kappa shape index (κ3) is 2.93. The number of nitrogens with one attached hydrogen (secondary N) is 1. The van der Waals surface area contributed by atoms with Crippen LogP contribution in [0.5, 0.6) is 0 Å². The van der Waals surface area contributed by atoms with E-state index in [1.54, 1.807) is 13.8 Å². The summed E-state index contributed by atoms with van der Waals surface area (Å²) in [7, 11) is 0. The second-order valence-electron chi connectivity index (χ2n) is 3.73. The van der Waals surface area contributed by atoms with Gasteiger partial charge in [-0.3, -0.25) is 4.79 Å². The second kappa shape index (κ2) is 5.27. The number of hydrogen-bond donors (Lipinski definition) is 2. The first kappa shape index (κ1) is 12.9. The molecule has 3 N–H and O–H groups in total. The van der Waals surface area contributed by atoms with E-state index in [0.717, 1.165) is 0 Å². The average molecular weight is 245 g/mol. The van der Waals surface area contributed by atoms with Gasteiger partial charge in [-0.15, -0.1) is 0 Å². The van der Waals surface area contributed by atoms with E-state index in [9.17, 15) is 9.18 Å². The van der Waals surface area contributed by atoms with Gasteiger partial charge in [0.15, 0.2) is 0 Å². The lowest BCUT2D eigenvalue weighted by molar-refractivity contribution is -0.119. The molecule has 0 heterocycles. The van der Waals surface area contributed by atoms with E-state index in [-0.39, 0.29) is 22.7 Å². The van der Waals surface area contributed by atoms with Gasteiger partial charge in [0.2, 0.25) is 5.91 Å². The highest BCUT2D eigenvalue weighted by Gasteiger charge is 2.19. The van der Waals surface area contributed by atoms with Gasteiger partial charge in [0.1, 0.15) is 5.82 Å². The fourth-order valence-electron chi connectivity index (χ4n) is 1.09. The number of carbonyl (C=O) groups is 1. The van der Waals surface area contributed by atoms with E-state index in [0.29, 0.717) is 0 Å². The van der Waals surface area contributed by atoms with Crippen LogP contribution in [0, 0.1) is 11.7 Å². The number of halogens is 2. The van der Waals surface area contributed by atoms with Crippen molar-refractivity contribution in [3.8, 4) is 0 Å². The van der Waals surface area contributed by atoms with Crippen LogP contribution in [0.15, 0.2) is 18.2 Å². The molecule has 1 aromatic rings. The van der Waals surface area contributed by atoms with Crippen LogP contribution >= 0.6 is 11.6 Å². The maximum absolute atomic E-state index is 13.3. The minimum atomic E-state index is -0.558. The number of amides is 1. The number of nitrogens with two attached hydrogens (primary N) is 1. The number of benzene rings is 1. The molecule has 0 bridgehead atoms. The van der Waals surface area contributed by atoms with Crippen LogP contribution in [0.25, 0.3) is 0 Å². The number of hydrogen-bond acceptors (Lipinski definition) is 2. The van der Waals surface area contributed by atoms with Crippen molar-refractivity contribution in [2.45, 2.75) is 19.9 Å². The monoisotopic (exact) mass is 244 g/mol. The zero-order valence-electron chi connectivity index (χ0n) is 9.13. The van der Waals surface area contributed by atoms with E-state index in [2.05, 4.69) is 5.32 Å². The summed E-state index contributed by atoms with van der Waals surface area (Å²) in [6, 6.07) is 3.92. The van der Waals surface area contributed by atoms with Gasteiger partial charge in [-0.1, -0.05) is 24.6 Å². The quantitative estimate of drug-likeness (QED) is 0.858. The van der Waals surface area contributed by atoms with Crippen LogP contribution in [0.3, 0.4) is 0 Å². The van der Waals surface area contributed by atoms with Crippen molar-refractivity contribution in [3.63, 3.8) is 0 Å². The molecule has 0 saturated carbocycles. The van der Waals surface area contributed by atoms with Gasteiger partial charge < -0.3 is 11.1 Å². The van der Waals surface area contributed by atoms with Crippen LogP contribution in [0.4, 0.5) is 10.1 Å². The summed E-state index contributed by atoms with van der Waals surface area (Å²) < 4.78 is 13.3. The number of para-hydroxylation sites is 1. The minimum Gasteiger partial charge on any atom is -0.327 e. The lowest BCUT2D eigenvalue weighted by atomic mass is 10.0. The van der Waals surface area contributed by atoms with Gasteiger partial charge in [-0.2, -0.15) is 0 Å². The van der Waals surface area contributed by atoms with E-state index in [1.165, 1.54) is 18.2 Å². The SMILES string of the molecule is CC(N)C(C)C(=O)Nc1c(F)cccc1Cl. The van der Waals surface area contributed by atoms with Crippen LogP contribution in [0.2, 0.25) is 5.02 Å². The predicted octanol–water partition coefficient (Wildman–Crippen LogP) is 2.40. The third-order valence-corrected chi connectivity index (χ3v) is 2.73. The Morgan fingerprint density at radius 1 is 1.50 bits per heavy atom. The van der Waals surface area contributed by atoms with Crippen molar-refractivity contribution in [2.24, 2.45) is 11.7 Å². The molecule has 5 heteroatoms. The van der Waals surface area contributed by atoms with Crippen LogP contribution < -0.4 is 11.1 Å². The molecule has 3 nitrogen and oxygen atoms in total. The molecule has 0 saturated heterocycles. The van der Waals surface area contributed by atoms with Crippen LogP contribution in [-0.2, 0) is 4.79 Å². The Balaban J connectivity index is 2.85. The molecule has 1 rings (SSSR count). The van der Waals surface area contributed by atoms with Crippen molar-refractivity contribution in [2.75, 3.05) is 5.32 Å². The lowest BCUT2D eigenvalue weighted by Gasteiger charge is -2.16. The maximum Gasteiger partial charge on any atom is 0.228 e. The van der Waals surface area contributed by atoms with Gasteiger partial charge >= 0.3 is 0 Å². The lowest BCUT2D eigenvalue weighted by Crippen LogP contribution is -2.34. The third-order valence-electron chi connectivity index (χ3n) is 2.41. The fourth-order valence-corrected chi connectivity index (χ4v) is 1.30. The summed E-state index contributed by atoms with van der Waals surface area (Å²) in [5.41, 5.74) is 5.58. The van der Waals surface area contributed by atoms with E-state index in [1.807, 2.05) is 0 Å². The molecular formula is C11H14ClFN2O. The first-order chi connectivity index (χ1) is 7.43. The molecule has 2 unspecified atom stereocenters. The molecule has 0 aliphatic rings. The van der Waals surface area contributed by atoms with Gasteiger partial charge in [0, 0.05) is 6.04 Å². The van der Waals surface area contributed by atoms with Gasteiger partial charge in [0.25, 0.3) is 0 Å². The molecule has 0 aliphatic carbocycles. The van der Waals surface area contributed by atoms with Crippen molar-refractivity contribution < 1.29 is 9.18 Å². The molecule has 0 radical (unpaired) electrons. The molecule has 0 fully saturated rings. The predicted molar refractivity (Wildman–Crippen MR) is 62.9 cm³/mol. The molecule has 1 amide bonds. The highest BCUT2D eigenvalue weighted by atomic mass is 35.5. The summed E-state index contributed by atoms with van der Waals surface area (Å²) in [5.74, 6) is -1.31. The number of rotatable bonds is 3. The summed E-state index contributed by atoms with van der Waals surface area (Å²) >= 11 is 5.77. The van der Waals surface area contributed by atoms with Gasteiger partial charge in [-0.05, 0) is 19.1 Å². The molecule has 1 aromatic carbocycles. The van der Waals surface area contributed by atoms with Crippen molar-refractivity contribution in [1.82, 2.24) is 0 Å². The summed E-state index contributed by atoms with van der Waals surface area (Å²) in [6.07, 6.45) is 0. The Morgan fingerprint density at radius 3 is 2.62 bits per heavy atom. The fraction of sp³-hybridized carbons (Fsp3) is 0.364. The minimum absolute atomic E-state index is 0.00154. The smallest absolute Gasteiger partial charge is 0.228 e. The molecule has 88 valence electrons. The topological polar surface area (TPSA) is 55.1 Å². The van der Waals surface area contributed by atoms with Gasteiger partial charge in [0.05, 0.1) is 16.6 Å². The van der Waals surface area contributed by atoms with Gasteiger partial charge in [-0.25, -0.2) is 4.39 Å². The Bertz CT molecular complexity index is 375. The maximum atomic E-state index is 13.3. The molecule has 2 atom stereocenters. The number of anilines is 1. The molecule has 0 aromatic heterocycles. The average Bonchev–Trinajstić information content (AvgIpc) is 2.22. The standard InChI is InChI=1S/C11H14ClFN2O/c1-6(7(2)14)11(16)15-10-8(12)4-3-5-9(10)13/h3-7H,14H2,1-2H3,(H,15,16). The van der Waals surface area contributed by atoms with E-state index in [4.69, 9.17) is 17.3 Å². The molecule has 0 spiro atoms. The van der Waals surface area contributed by atoms with Crippen LogP contribution in [0.1, 0.15) is 13.8 Å². The summed E-state index contributed by atoms with van der Waals surface area (Å²) in [5, 5.41) is 2.61. The molecular weight excluding hydrogens is 231 g/mol. The zero-order chi connectivity index (χ0) is 12.3. The summed E-state index contributed by atoms with van der Waals surface area (Å²) in [6.45, 7) is 3.39. The summed E-state index contributed by atoms with van der Waals surface area (Å²) in [4.78, 5) is 11.6. The first-order valence-corrected chi connectivity index (χ1v) is 5.31. The molecule has 0 aliphatic heterocycles. The highest BCUT2D eigenvalue weighted by molar-refractivity contribution is 6.33. The van der Waals surface area contributed by atoms with E-state index >= 15 is 0 Å². The van der Waals surface area contributed by atoms with E-state index < -0.39 is 11.7 Å². The first-order valence-electron chi connectivity index (χ1n) is 4.94. The van der Waals surface area contributed by atoms with Crippen molar-refractivity contribution in [3.05, 3.63) is 29.0 Å². The molecule has 16 heavy (non-hydrogen) atoms. The van der Waals surface area contributed by atoms with Crippen molar-refractivity contribution in [1.29, 1.82) is 0 Å². The Hall–Kier alpha value is -1.13. The normalized spacial score (nSPS) is 14.3. The van der Waals surface area contributed by atoms with Crippen molar-refractivity contribution >= 4 is 23.2 Å². The Labute approximate surface area is 98.8 Å². The van der Waals surface area contributed by atoms with Crippen LogP contribution in [-0.4, -0.2) is 11.9 Å². The highest BCUT2D eigenvalue weighted by Crippen LogP contribution is 2.25. The Morgan fingerprint density at radius 2 is 2.12 bits per heavy atom. The zero-order valence-corrected chi connectivity index (χ0v) is 9.88. The number of carbonyl (C=O) groups excluding carboxylic acids is 1. The second-order valence-corrected chi connectivity index (χ2v) is 4.14. The Kier molecular flexibility index (Phi) is 4.26.